The van der Waals surface area contributed by atoms with E-state index in [1.54, 1.807) is 20.3 Å². The van der Waals surface area contributed by atoms with Crippen LogP contribution in [-0.4, -0.2) is 60.1 Å². The van der Waals surface area contributed by atoms with Gasteiger partial charge in [-0.25, -0.2) is 4.68 Å². The minimum absolute atomic E-state index is 0.0849. The maximum Gasteiger partial charge on any atom is 0.275 e. The van der Waals surface area contributed by atoms with Gasteiger partial charge in [-0.05, 0) is 72.4 Å². The van der Waals surface area contributed by atoms with E-state index in [0.717, 1.165) is 44.7 Å². The molecule has 1 saturated heterocycles. The number of aromatic nitrogens is 2. The summed E-state index contributed by atoms with van der Waals surface area (Å²) in [6.45, 7) is 5.57. The SMILES string of the molecule is COc1cc(Cl)cc(-n2nc(C(=O)N3CCOCC3(C)C)c3c2-c2cc(Br)c(OC)cc2CC3)c1. The molecule has 184 valence electrons. The number of nitrogens with zero attached hydrogens (tertiary/aromatic N) is 3. The predicted molar refractivity (Wildman–Crippen MR) is 138 cm³/mol. The van der Waals surface area contributed by atoms with Gasteiger partial charge in [-0.15, -0.1) is 0 Å². The average molecular weight is 561 g/mol. The number of carbonyl (C=O) groups excluding carboxylic acids is 1. The molecule has 1 aliphatic heterocycles. The number of aryl methyl sites for hydroxylation is 1. The number of amides is 1. The third kappa shape index (κ3) is 4.21. The first-order chi connectivity index (χ1) is 16.7. The van der Waals surface area contributed by atoms with Crippen molar-refractivity contribution in [1.82, 2.24) is 14.7 Å². The van der Waals surface area contributed by atoms with Crippen LogP contribution in [0.2, 0.25) is 5.02 Å². The molecule has 0 atom stereocenters. The van der Waals surface area contributed by atoms with Gasteiger partial charge < -0.3 is 19.1 Å². The van der Waals surface area contributed by atoms with Crippen LogP contribution >= 0.6 is 27.5 Å². The second-order valence-electron chi connectivity index (χ2n) is 9.40. The summed E-state index contributed by atoms with van der Waals surface area (Å²) < 4.78 is 19.3. The average Bonchev–Trinajstić information content (AvgIpc) is 3.23. The van der Waals surface area contributed by atoms with Crippen LogP contribution in [0.5, 0.6) is 11.5 Å². The summed E-state index contributed by atoms with van der Waals surface area (Å²) >= 11 is 10.1. The van der Waals surface area contributed by atoms with Gasteiger partial charge in [0.2, 0.25) is 0 Å². The van der Waals surface area contributed by atoms with E-state index in [4.69, 9.17) is 30.9 Å². The van der Waals surface area contributed by atoms with Gasteiger partial charge in [0.1, 0.15) is 11.5 Å². The molecule has 1 fully saturated rings. The number of fused-ring (bicyclic) bond motifs is 3. The minimum Gasteiger partial charge on any atom is -0.497 e. The second kappa shape index (κ2) is 9.15. The number of methoxy groups -OCH3 is 2. The third-order valence-electron chi connectivity index (χ3n) is 6.69. The van der Waals surface area contributed by atoms with Crippen molar-refractivity contribution < 1.29 is 19.0 Å². The van der Waals surface area contributed by atoms with Crippen molar-refractivity contribution in [2.75, 3.05) is 34.0 Å². The Kier molecular flexibility index (Phi) is 6.32. The van der Waals surface area contributed by atoms with Crippen molar-refractivity contribution in [3.63, 3.8) is 0 Å². The highest BCUT2D eigenvalue weighted by atomic mass is 79.9. The molecule has 0 saturated carbocycles. The van der Waals surface area contributed by atoms with Crippen molar-refractivity contribution in [2.24, 2.45) is 0 Å². The molecule has 2 heterocycles. The first-order valence-corrected chi connectivity index (χ1v) is 12.6. The zero-order valence-electron chi connectivity index (χ0n) is 20.2. The zero-order valence-corrected chi connectivity index (χ0v) is 22.5. The van der Waals surface area contributed by atoms with Gasteiger partial charge in [-0.1, -0.05) is 11.6 Å². The van der Waals surface area contributed by atoms with Crippen LogP contribution < -0.4 is 9.47 Å². The Labute approximate surface area is 218 Å². The van der Waals surface area contributed by atoms with E-state index in [-0.39, 0.29) is 5.91 Å². The van der Waals surface area contributed by atoms with Crippen molar-refractivity contribution in [3.05, 3.63) is 56.6 Å². The molecule has 2 aliphatic rings. The molecule has 1 aromatic heterocycles. The molecular formula is C26H27BrClN3O4. The quantitative estimate of drug-likeness (QED) is 0.432. The molecule has 3 aromatic rings. The fourth-order valence-electron chi connectivity index (χ4n) is 4.91. The van der Waals surface area contributed by atoms with Crippen molar-refractivity contribution in [2.45, 2.75) is 32.2 Å². The maximum absolute atomic E-state index is 13.9. The third-order valence-corrected chi connectivity index (χ3v) is 7.53. The molecular weight excluding hydrogens is 534 g/mol. The summed E-state index contributed by atoms with van der Waals surface area (Å²) in [5, 5.41) is 5.44. The van der Waals surface area contributed by atoms with Crippen LogP contribution in [0.3, 0.4) is 0 Å². The molecule has 0 bridgehead atoms. The topological polar surface area (TPSA) is 65.8 Å². The molecule has 5 rings (SSSR count). The van der Waals surface area contributed by atoms with Gasteiger partial charge in [0.25, 0.3) is 5.91 Å². The second-order valence-corrected chi connectivity index (χ2v) is 10.7. The van der Waals surface area contributed by atoms with E-state index in [2.05, 4.69) is 15.9 Å². The molecule has 0 spiro atoms. The number of ether oxygens (including phenoxy) is 3. The zero-order chi connectivity index (χ0) is 24.9. The van der Waals surface area contributed by atoms with E-state index in [1.165, 1.54) is 0 Å². The fraction of sp³-hybridized carbons (Fsp3) is 0.385. The van der Waals surface area contributed by atoms with Crippen LogP contribution in [0, 0.1) is 0 Å². The number of rotatable bonds is 4. The van der Waals surface area contributed by atoms with E-state index in [0.29, 0.717) is 42.6 Å². The van der Waals surface area contributed by atoms with Gasteiger partial charge in [-0.3, -0.25) is 4.79 Å². The smallest absolute Gasteiger partial charge is 0.275 e. The minimum atomic E-state index is -0.422. The standard InChI is InChI=1S/C26H27BrClN3O4/c1-26(2)14-35-8-7-30(26)25(32)23-19-6-5-15-9-22(34-4)21(27)13-20(15)24(19)31(29-23)17-10-16(28)11-18(12-17)33-3/h9-13H,5-8,14H2,1-4H3. The number of halogens is 2. The fourth-order valence-corrected chi connectivity index (χ4v) is 5.64. The van der Waals surface area contributed by atoms with Crippen molar-refractivity contribution in [1.29, 1.82) is 0 Å². The highest BCUT2D eigenvalue weighted by Crippen LogP contribution is 2.42. The van der Waals surface area contributed by atoms with Gasteiger partial charge in [0, 0.05) is 28.8 Å². The van der Waals surface area contributed by atoms with E-state index >= 15 is 0 Å². The first kappa shape index (κ1) is 24.2. The first-order valence-electron chi connectivity index (χ1n) is 11.5. The monoisotopic (exact) mass is 559 g/mol. The summed E-state index contributed by atoms with van der Waals surface area (Å²) in [6, 6.07) is 9.54. The lowest BCUT2D eigenvalue weighted by Crippen LogP contribution is -2.55. The van der Waals surface area contributed by atoms with Crippen LogP contribution in [0.4, 0.5) is 0 Å². The lowest BCUT2D eigenvalue weighted by atomic mass is 9.88. The Bertz CT molecular complexity index is 1320. The normalized spacial score (nSPS) is 16.5. The van der Waals surface area contributed by atoms with Gasteiger partial charge in [0.15, 0.2) is 5.69 Å². The van der Waals surface area contributed by atoms with Crippen LogP contribution in [0.15, 0.2) is 34.8 Å². The molecule has 1 aliphatic carbocycles. The largest absolute Gasteiger partial charge is 0.497 e. The Balaban J connectivity index is 1.74. The summed E-state index contributed by atoms with van der Waals surface area (Å²) in [5.74, 6) is 1.30. The summed E-state index contributed by atoms with van der Waals surface area (Å²) in [7, 11) is 3.26. The maximum atomic E-state index is 13.9. The van der Waals surface area contributed by atoms with Crippen LogP contribution in [0.25, 0.3) is 16.9 Å². The molecule has 35 heavy (non-hydrogen) atoms. The highest BCUT2D eigenvalue weighted by Gasteiger charge is 2.38. The van der Waals surface area contributed by atoms with Gasteiger partial charge in [-0.2, -0.15) is 5.10 Å². The number of carbonyl (C=O) groups is 1. The number of hydrogen-bond acceptors (Lipinski definition) is 5. The molecule has 1 amide bonds. The summed E-state index contributed by atoms with van der Waals surface area (Å²) in [5.41, 5.74) is 4.73. The molecule has 0 unspecified atom stereocenters. The van der Waals surface area contributed by atoms with E-state index in [9.17, 15) is 4.79 Å². The van der Waals surface area contributed by atoms with E-state index in [1.807, 2.05) is 47.7 Å². The van der Waals surface area contributed by atoms with Crippen LogP contribution in [-0.2, 0) is 17.6 Å². The highest BCUT2D eigenvalue weighted by molar-refractivity contribution is 9.10. The predicted octanol–water partition coefficient (Wildman–Crippen LogP) is 5.32. The lowest BCUT2D eigenvalue weighted by Gasteiger charge is -2.41. The molecule has 2 aromatic carbocycles. The Morgan fingerprint density at radius 1 is 1.14 bits per heavy atom. The van der Waals surface area contributed by atoms with Crippen molar-refractivity contribution in [3.8, 4) is 28.4 Å². The molecule has 9 heteroatoms. The van der Waals surface area contributed by atoms with Gasteiger partial charge in [0.05, 0.1) is 48.8 Å². The number of hydrogen-bond donors (Lipinski definition) is 0. The molecule has 0 radical (unpaired) electrons. The van der Waals surface area contributed by atoms with Crippen LogP contribution in [0.1, 0.15) is 35.5 Å². The van der Waals surface area contributed by atoms with E-state index < -0.39 is 5.54 Å². The Morgan fingerprint density at radius 2 is 1.94 bits per heavy atom. The number of benzene rings is 2. The molecule has 7 nitrogen and oxygen atoms in total. The Hall–Kier alpha value is -2.55. The van der Waals surface area contributed by atoms with Gasteiger partial charge >= 0.3 is 0 Å². The lowest BCUT2D eigenvalue weighted by molar-refractivity contribution is -0.0373. The Morgan fingerprint density at radius 3 is 2.66 bits per heavy atom. The summed E-state index contributed by atoms with van der Waals surface area (Å²) in [4.78, 5) is 15.8. The number of morpholine rings is 1. The summed E-state index contributed by atoms with van der Waals surface area (Å²) in [6.07, 6.45) is 1.47. The molecule has 0 N–H and O–H groups in total. The van der Waals surface area contributed by atoms with Crippen molar-refractivity contribution >= 4 is 33.4 Å².